The van der Waals surface area contributed by atoms with Crippen LogP contribution in [0.25, 0.3) is 0 Å². The first-order valence-electron chi connectivity index (χ1n) is 4.42. The van der Waals surface area contributed by atoms with E-state index in [0.29, 0.717) is 19.4 Å². The van der Waals surface area contributed by atoms with Gasteiger partial charge in [-0.3, -0.25) is 0 Å². The molecule has 0 radical (unpaired) electrons. The summed E-state index contributed by atoms with van der Waals surface area (Å²) in [6.07, 6.45) is 0.592. The van der Waals surface area contributed by atoms with E-state index < -0.39 is 11.7 Å². The molecule has 14 heavy (non-hydrogen) atoms. The van der Waals surface area contributed by atoms with Gasteiger partial charge in [0, 0.05) is 6.54 Å². The van der Waals surface area contributed by atoms with Crippen LogP contribution in [0, 0.1) is 0 Å². The molecule has 1 saturated heterocycles. The van der Waals surface area contributed by atoms with E-state index in [4.69, 9.17) is 16.7 Å². The van der Waals surface area contributed by atoms with Gasteiger partial charge in [-0.1, -0.05) is 11.6 Å². The average Bonchev–Trinajstić information content (AvgIpc) is 2.18. The van der Waals surface area contributed by atoms with Crippen LogP contribution in [-0.2, 0) is 4.74 Å². The average molecular weight is 224 g/mol. The number of likely N-dealkylation sites (tertiary alicyclic amines) is 1. The summed E-state index contributed by atoms with van der Waals surface area (Å²) >= 11 is 5.24. The molecule has 0 aliphatic carbocycles. The van der Waals surface area contributed by atoms with Crippen LogP contribution in [0.3, 0.4) is 0 Å². The van der Waals surface area contributed by atoms with Gasteiger partial charge in [0.25, 0.3) is 0 Å². The minimum atomic E-state index is -1.19. The zero-order valence-electron chi connectivity index (χ0n) is 7.78. The maximum absolute atomic E-state index is 11.2. The lowest BCUT2D eigenvalue weighted by Gasteiger charge is -2.37. The maximum Gasteiger partial charge on any atom is 0.411 e. The lowest BCUT2D eigenvalue weighted by Crippen LogP contribution is -2.52. The molecule has 0 aromatic rings. The van der Waals surface area contributed by atoms with E-state index in [1.54, 1.807) is 0 Å². The van der Waals surface area contributed by atoms with Gasteiger partial charge in [-0.2, -0.15) is 0 Å². The van der Waals surface area contributed by atoms with Crippen LogP contribution < -0.4 is 0 Å². The first kappa shape index (κ1) is 11.6. The lowest BCUT2D eigenvalue weighted by molar-refractivity contribution is -0.0627. The number of alkyl halides is 1. The topological polar surface area (TPSA) is 70.0 Å². The van der Waals surface area contributed by atoms with Gasteiger partial charge < -0.3 is 19.8 Å². The Labute approximate surface area is 87.2 Å². The van der Waals surface area contributed by atoms with Crippen molar-refractivity contribution in [2.45, 2.75) is 18.4 Å². The third kappa shape index (κ3) is 2.73. The van der Waals surface area contributed by atoms with Crippen LogP contribution in [-0.4, -0.2) is 52.6 Å². The lowest BCUT2D eigenvalue weighted by atomic mass is 9.94. The Hall–Kier alpha value is -0.520. The molecular formula is C8H14ClNO4. The molecule has 1 unspecified atom stereocenters. The SMILES string of the molecule is O=C(OCCl)N1CCCC(O)(CO)C1. The molecule has 1 amide bonds. The number of β-amino-alcohol motifs (C(OH)–C–C–N with tert-alkyl or cyclic N) is 1. The Morgan fingerprint density at radius 1 is 1.64 bits per heavy atom. The number of amides is 1. The van der Waals surface area contributed by atoms with Gasteiger partial charge in [0.05, 0.1) is 13.2 Å². The molecule has 1 fully saturated rings. The van der Waals surface area contributed by atoms with Crippen molar-refractivity contribution >= 4 is 17.7 Å². The summed E-state index contributed by atoms with van der Waals surface area (Å²) < 4.78 is 4.58. The number of hydrogen-bond acceptors (Lipinski definition) is 4. The van der Waals surface area contributed by atoms with Crippen molar-refractivity contribution in [2.24, 2.45) is 0 Å². The zero-order chi connectivity index (χ0) is 10.6. The first-order chi connectivity index (χ1) is 6.61. The number of piperidine rings is 1. The highest BCUT2D eigenvalue weighted by atomic mass is 35.5. The van der Waals surface area contributed by atoms with Gasteiger partial charge in [-0.15, -0.1) is 0 Å². The number of rotatable bonds is 2. The molecule has 6 heteroatoms. The van der Waals surface area contributed by atoms with E-state index in [-0.39, 0.29) is 19.2 Å². The normalized spacial score (nSPS) is 27.5. The van der Waals surface area contributed by atoms with Gasteiger partial charge in [0.1, 0.15) is 5.60 Å². The second kappa shape index (κ2) is 4.82. The quantitative estimate of drug-likeness (QED) is 0.654. The van der Waals surface area contributed by atoms with Crippen LogP contribution in [0.2, 0.25) is 0 Å². The largest absolute Gasteiger partial charge is 0.433 e. The number of halogens is 1. The fourth-order valence-electron chi connectivity index (χ4n) is 1.54. The summed E-state index contributed by atoms with van der Waals surface area (Å²) in [7, 11) is 0. The number of carbonyl (C=O) groups excluding carboxylic acids is 1. The molecular weight excluding hydrogens is 210 g/mol. The molecule has 1 atom stereocenters. The summed E-state index contributed by atoms with van der Waals surface area (Å²) in [4.78, 5) is 12.6. The highest BCUT2D eigenvalue weighted by molar-refractivity contribution is 6.17. The molecule has 2 N–H and O–H groups in total. The van der Waals surface area contributed by atoms with Crippen LogP contribution in [0.1, 0.15) is 12.8 Å². The molecule has 0 aromatic carbocycles. The number of nitrogens with zero attached hydrogens (tertiary/aromatic N) is 1. The van der Waals surface area contributed by atoms with Crippen LogP contribution >= 0.6 is 11.6 Å². The second-order valence-electron chi connectivity index (χ2n) is 3.43. The fourth-order valence-corrected chi connectivity index (χ4v) is 1.63. The number of hydrogen-bond donors (Lipinski definition) is 2. The van der Waals surface area contributed by atoms with Gasteiger partial charge in [0.15, 0.2) is 6.07 Å². The molecule has 0 aromatic heterocycles. The molecule has 0 saturated carbocycles. The summed E-state index contributed by atoms with van der Waals surface area (Å²) in [6, 6.07) is -0.202. The molecule has 82 valence electrons. The third-order valence-corrected chi connectivity index (χ3v) is 2.39. The van der Waals surface area contributed by atoms with Crippen molar-refractivity contribution in [1.82, 2.24) is 4.90 Å². The van der Waals surface area contributed by atoms with Gasteiger partial charge in [0.2, 0.25) is 0 Å². The fraction of sp³-hybridized carbons (Fsp3) is 0.875. The van der Waals surface area contributed by atoms with E-state index in [1.165, 1.54) is 4.90 Å². The van der Waals surface area contributed by atoms with Crippen molar-refractivity contribution in [3.8, 4) is 0 Å². The number of aliphatic hydroxyl groups excluding tert-OH is 1. The van der Waals surface area contributed by atoms with Crippen LogP contribution in [0.5, 0.6) is 0 Å². The van der Waals surface area contributed by atoms with E-state index in [0.717, 1.165) is 0 Å². The number of ether oxygens (including phenoxy) is 1. The molecule has 5 nitrogen and oxygen atoms in total. The van der Waals surface area contributed by atoms with Crippen LogP contribution in [0.4, 0.5) is 4.79 Å². The van der Waals surface area contributed by atoms with Gasteiger partial charge in [-0.25, -0.2) is 4.79 Å². The van der Waals surface area contributed by atoms with E-state index >= 15 is 0 Å². The number of carbonyl (C=O) groups is 1. The predicted octanol–water partition coefficient (Wildman–Crippen LogP) is 0.139. The second-order valence-corrected chi connectivity index (χ2v) is 3.65. The zero-order valence-corrected chi connectivity index (χ0v) is 8.53. The van der Waals surface area contributed by atoms with Gasteiger partial charge in [-0.05, 0) is 12.8 Å². The smallest absolute Gasteiger partial charge is 0.411 e. The monoisotopic (exact) mass is 223 g/mol. The molecule has 1 heterocycles. The van der Waals surface area contributed by atoms with Gasteiger partial charge >= 0.3 is 6.09 Å². The maximum atomic E-state index is 11.2. The van der Waals surface area contributed by atoms with Crippen molar-refractivity contribution in [3.05, 3.63) is 0 Å². The molecule has 1 aliphatic heterocycles. The third-order valence-electron chi connectivity index (χ3n) is 2.29. The van der Waals surface area contributed by atoms with E-state index in [9.17, 15) is 9.90 Å². The van der Waals surface area contributed by atoms with Crippen molar-refractivity contribution in [3.63, 3.8) is 0 Å². The van der Waals surface area contributed by atoms with Crippen LogP contribution in [0.15, 0.2) is 0 Å². The Balaban J connectivity index is 2.51. The summed E-state index contributed by atoms with van der Waals surface area (Å²) in [5, 5.41) is 18.7. The minimum absolute atomic E-state index is 0.0965. The molecule has 0 bridgehead atoms. The molecule has 1 rings (SSSR count). The molecule has 0 spiro atoms. The van der Waals surface area contributed by atoms with Crippen molar-refractivity contribution < 1.29 is 19.7 Å². The predicted molar refractivity (Wildman–Crippen MR) is 50.0 cm³/mol. The Morgan fingerprint density at radius 3 is 2.93 bits per heavy atom. The Bertz CT molecular complexity index is 214. The Morgan fingerprint density at radius 2 is 2.36 bits per heavy atom. The highest BCUT2D eigenvalue weighted by Gasteiger charge is 2.35. The summed E-state index contributed by atoms with van der Waals surface area (Å²) in [6.45, 7) is 0.273. The summed E-state index contributed by atoms with van der Waals surface area (Å²) in [5.74, 6) is 0. The van der Waals surface area contributed by atoms with E-state index in [1.807, 2.05) is 0 Å². The molecule has 1 aliphatic rings. The van der Waals surface area contributed by atoms with E-state index in [2.05, 4.69) is 4.74 Å². The highest BCUT2D eigenvalue weighted by Crippen LogP contribution is 2.20. The number of aliphatic hydroxyl groups is 2. The summed E-state index contributed by atoms with van der Waals surface area (Å²) in [5.41, 5.74) is -1.19. The van der Waals surface area contributed by atoms with Crippen molar-refractivity contribution in [1.29, 1.82) is 0 Å². The minimum Gasteiger partial charge on any atom is -0.433 e. The first-order valence-corrected chi connectivity index (χ1v) is 4.96. The Kier molecular flexibility index (Phi) is 3.97. The standard InChI is InChI=1S/C8H14ClNO4/c9-6-14-7(12)10-3-1-2-8(13,4-10)5-11/h11,13H,1-6H2. The van der Waals surface area contributed by atoms with Crippen molar-refractivity contribution in [2.75, 3.05) is 25.8 Å².